The fourth-order valence-electron chi connectivity index (χ4n) is 3.07. The van der Waals surface area contributed by atoms with E-state index >= 15 is 0 Å². The summed E-state index contributed by atoms with van der Waals surface area (Å²) in [6, 6.07) is 7.88. The number of ether oxygens (including phenoxy) is 2. The van der Waals surface area contributed by atoms with Crippen LogP contribution in [0.15, 0.2) is 24.3 Å². The summed E-state index contributed by atoms with van der Waals surface area (Å²) in [5.74, 6) is -0.389. The van der Waals surface area contributed by atoms with Crippen LogP contribution in [-0.4, -0.2) is 57.8 Å². The van der Waals surface area contributed by atoms with E-state index < -0.39 is 10.0 Å². The molecule has 0 aliphatic carbocycles. The second-order valence-corrected chi connectivity index (χ2v) is 8.73. The first-order valence-corrected chi connectivity index (χ1v) is 11.2. The lowest BCUT2D eigenvalue weighted by molar-refractivity contribution is -0.126. The van der Waals surface area contributed by atoms with Gasteiger partial charge in [0.1, 0.15) is 0 Å². The van der Waals surface area contributed by atoms with Gasteiger partial charge in [0.05, 0.1) is 32.0 Å². The Morgan fingerprint density at radius 1 is 1.26 bits per heavy atom. The topological polar surface area (TPSA) is 84.9 Å². The smallest absolute Gasteiger partial charge is 0.224 e. The predicted octanol–water partition coefficient (Wildman–Crippen LogP) is 1.53. The second-order valence-electron chi connectivity index (χ2n) is 6.75. The molecule has 1 aromatic carbocycles. The third-order valence-electron chi connectivity index (χ3n) is 4.53. The Morgan fingerprint density at radius 2 is 2.00 bits per heavy atom. The number of carbonyl (C=O) groups is 1. The summed E-state index contributed by atoms with van der Waals surface area (Å²) in [5, 5.41) is 2.93. The normalized spacial score (nSPS) is 18.4. The summed E-state index contributed by atoms with van der Waals surface area (Å²) in [6.45, 7) is 5.44. The van der Waals surface area contributed by atoms with Crippen molar-refractivity contribution in [1.82, 2.24) is 9.62 Å². The van der Waals surface area contributed by atoms with Gasteiger partial charge in [-0.1, -0.05) is 24.3 Å². The van der Waals surface area contributed by atoms with E-state index in [9.17, 15) is 13.2 Å². The Bertz CT molecular complexity index is 708. The summed E-state index contributed by atoms with van der Waals surface area (Å²) in [6.07, 6.45) is 2.61. The molecule has 2 rings (SSSR count). The number of rotatable bonds is 10. The van der Waals surface area contributed by atoms with Crippen molar-refractivity contribution in [3.8, 4) is 0 Å². The van der Waals surface area contributed by atoms with Crippen LogP contribution in [0.25, 0.3) is 0 Å². The maximum atomic E-state index is 12.4. The first-order valence-electron chi connectivity index (χ1n) is 9.36. The Morgan fingerprint density at radius 3 is 2.74 bits per heavy atom. The zero-order chi connectivity index (χ0) is 19.7. The highest BCUT2D eigenvalue weighted by Gasteiger charge is 2.29. The van der Waals surface area contributed by atoms with Crippen LogP contribution in [0.1, 0.15) is 30.9 Å². The molecular weight excluding hydrogens is 368 g/mol. The summed E-state index contributed by atoms with van der Waals surface area (Å²) in [7, 11) is -3.25. The first-order chi connectivity index (χ1) is 12.9. The second kappa shape index (κ2) is 10.8. The zero-order valence-electron chi connectivity index (χ0n) is 16.1. The van der Waals surface area contributed by atoms with E-state index in [2.05, 4.69) is 5.32 Å². The molecule has 1 fully saturated rings. The van der Waals surface area contributed by atoms with E-state index in [-0.39, 0.29) is 18.4 Å². The molecule has 0 aromatic heterocycles. The molecule has 152 valence electrons. The summed E-state index contributed by atoms with van der Waals surface area (Å²) in [4.78, 5) is 12.4. The highest BCUT2D eigenvalue weighted by molar-refractivity contribution is 7.88. The molecule has 1 heterocycles. The van der Waals surface area contributed by atoms with Crippen LogP contribution in [-0.2, 0) is 37.4 Å². The number of nitrogens with zero attached hydrogens (tertiary/aromatic N) is 1. The van der Waals surface area contributed by atoms with Crippen LogP contribution in [0.2, 0.25) is 0 Å². The predicted molar refractivity (Wildman–Crippen MR) is 104 cm³/mol. The minimum absolute atomic E-state index is 0.0956. The molecule has 0 bridgehead atoms. The molecule has 1 N–H and O–H groups in total. The van der Waals surface area contributed by atoms with Crippen molar-refractivity contribution in [2.45, 2.75) is 32.9 Å². The Balaban J connectivity index is 1.80. The highest BCUT2D eigenvalue weighted by atomic mass is 32.2. The third-order valence-corrected chi connectivity index (χ3v) is 5.80. The first kappa shape index (κ1) is 21.8. The van der Waals surface area contributed by atoms with E-state index in [1.54, 1.807) is 0 Å². The van der Waals surface area contributed by atoms with Crippen molar-refractivity contribution < 1.29 is 22.7 Å². The van der Waals surface area contributed by atoms with Crippen LogP contribution in [0.4, 0.5) is 0 Å². The molecule has 0 radical (unpaired) electrons. The van der Waals surface area contributed by atoms with E-state index in [4.69, 9.17) is 9.47 Å². The fraction of sp³-hybridized carbons (Fsp3) is 0.632. The fourth-order valence-corrected chi connectivity index (χ4v) is 3.98. The van der Waals surface area contributed by atoms with Crippen molar-refractivity contribution >= 4 is 15.9 Å². The zero-order valence-corrected chi connectivity index (χ0v) is 17.0. The van der Waals surface area contributed by atoms with E-state index in [1.165, 1.54) is 10.6 Å². The van der Waals surface area contributed by atoms with Crippen LogP contribution < -0.4 is 5.32 Å². The molecule has 27 heavy (non-hydrogen) atoms. The molecule has 1 amide bonds. The lowest BCUT2D eigenvalue weighted by atomic mass is 9.98. The van der Waals surface area contributed by atoms with E-state index in [0.29, 0.717) is 52.4 Å². The van der Waals surface area contributed by atoms with Crippen molar-refractivity contribution in [2.75, 3.05) is 39.2 Å². The minimum Gasteiger partial charge on any atom is -0.379 e. The van der Waals surface area contributed by atoms with Gasteiger partial charge in [-0.15, -0.1) is 0 Å². The van der Waals surface area contributed by atoms with Gasteiger partial charge < -0.3 is 14.8 Å². The standard InChI is InChI=1S/C19H30N2O5S/c1-3-25-10-11-26-15-17-7-4-6-16(12-17)13-20-19(22)18-8-5-9-21(14-18)27(2,23)24/h4,6-7,12,18H,3,5,8-11,13-15H2,1-2H3,(H,20,22). The van der Waals surface area contributed by atoms with Gasteiger partial charge in [-0.3, -0.25) is 4.79 Å². The maximum Gasteiger partial charge on any atom is 0.224 e. The van der Waals surface area contributed by atoms with Crippen molar-refractivity contribution in [3.63, 3.8) is 0 Å². The number of sulfonamides is 1. The highest BCUT2D eigenvalue weighted by Crippen LogP contribution is 2.19. The summed E-state index contributed by atoms with van der Waals surface area (Å²) in [5.41, 5.74) is 2.03. The number of benzene rings is 1. The Hall–Kier alpha value is -1.48. The van der Waals surface area contributed by atoms with Gasteiger partial charge >= 0.3 is 0 Å². The van der Waals surface area contributed by atoms with Crippen LogP contribution in [0.5, 0.6) is 0 Å². The molecule has 1 aromatic rings. The molecule has 1 saturated heterocycles. The molecule has 0 spiro atoms. The molecule has 0 saturated carbocycles. The van der Waals surface area contributed by atoms with Gasteiger partial charge in [0, 0.05) is 26.2 Å². The number of nitrogens with one attached hydrogen (secondary N) is 1. The largest absolute Gasteiger partial charge is 0.379 e. The third kappa shape index (κ3) is 7.57. The van der Waals surface area contributed by atoms with Gasteiger partial charge in [0.2, 0.25) is 15.9 Å². The van der Waals surface area contributed by atoms with Crippen molar-refractivity contribution in [3.05, 3.63) is 35.4 Å². The molecule has 7 nitrogen and oxygen atoms in total. The van der Waals surface area contributed by atoms with E-state index in [1.807, 2.05) is 31.2 Å². The quantitative estimate of drug-likeness (QED) is 0.604. The van der Waals surface area contributed by atoms with Crippen LogP contribution in [0, 0.1) is 5.92 Å². The van der Waals surface area contributed by atoms with Gasteiger partial charge in [-0.05, 0) is 30.9 Å². The van der Waals surface area contributed by atoms with Crippen LogP contribution >= 0.6 is 0 Å². The summed E-state index contributed by atoms with van der Waals surface area (Å²) < 4.78 is 35.6. The number of hydrogen-bond donors (Lipinski definition) is 1. The maximum absolute atomic E-state index is 12.4. The molecule has 8 heteroatoms. The van der Waals surface area contributed by atoms with Crippen molar-refractivity contribution in [2.24, 2.45) is 5.92 Å². The number of hydrogen-bond acceptors (Lipinski definition) is 5. The molecule has 1 atom stereocenters. The number of carbonyl (C=O) groups excluding carboxylic acids is 1. The summed E-state index contributed by atoms with van der Waals surface area (Å²) >= 11 is 0. The van der Waals surface area contributed by atoms with Gasteiger partial charge in [0.15, 0.2) is 0 Å². The lowest BCUT2D eigenvalue weighted by Crippen LogP contribution is -2.44. The minimum atomic E-state index is -3.25. The van der Waals surface area contributed by atoms with Crippen molar-refractivity contribution in [1.29, 1.82) is 0 Å². The number of piperidine rings is 1. The SMILES string of the molecule is CCOCCOCc1cccc(CNC(=O)C2CCCN(S(C)(=O)=O)C2)c1. The lowest BCUT2D eigenvalue weighted by Gasteiger charge is -2.30. The average molecular weight is 399 g/mol. The monoisotopic (exact) mass is 398 g/mol. The Labute approximate surface area is 162 Å². The molecule has 1 unspecified atom stereocenters. The van der Waals surface area contributed by atoms with E-state index in [0.717, 1.165) is 11.1 Å². The molecule has 1 aliphatic rings. The van der Waals surface area contributed by atoms with Gasteiger partial charge in [-0.25, -0.2) is 12.7 Å². The van der Waals surface area contributed by atoms with Gasteiger partial charge in [0.25, 0.3) is 0 Å². The average Bonchev–Trinajstić information content (AvgIpc) is 2.66. The van der Waals surface area contributed by atoms with Crippen LogP contribution in [0.3, 0.4) is 0 Å². The number of amides is 1. The Kier molecular flexibility index (Phi) is 8.69. The molecule has 1 aliphatic heterocycles. The molecular formula is C19H30N2O5S. The van der Waals surface area contributed by atoms with Gasteiger partial charge in [-0.2, -0.15) is 0 Å².